The monoisotopic (exact) mass is 297 g/mol. The first-order valence-corrected chi connectivity index (χ1v) is 5.36. The summed E-state index contributed by atoms with van der Waals surface area (Å²) >= 11 is 3.06. The van der Waals surface area contributed by atoms with Crippen LogP contribution in [0.4, 0.5) is 8.78 Å². The number of rotatable bonds is 1. The van der Waals surface area contributed by atoms with E-state index in [2.05, 4.69) is 21.2 Å². The van der Waals surface area contributed by atoms with Crippen molar-refractivity contribution in [2.24, 2.45) is 0 Å². The largest absolute Gasteiger partial charge is 0.310 e. The second-order valence-corrected chi connectivity index (χ2v) is 4.26. The molecule has 0 saturated carbocycles. The van der Waals surface area contributed by atoms with Crippen molar-refractivity contribution in [3.8, 4) is 0 Å². The summed E-state index contributed by atoms with van der Waals surface area (Å²) in [5.74, 6) is -0.950. The summed E-state index contributed by atoms with van der Waals surface area (Å²) in [5.41, 5.74) is 0.164. The van der Waals surface area contributed by atoms with E-state index in [1.165, 1.54) is 12.1 Å². The molecule has 5 heteroatoms. The molecule has 1 saturated heterocycles. The first-order valence-electron chi connectivity index (χ1n) is 4.57. The fourth-order valence-corrected chi connectivity index (χ4v) is 2.14. The molecule has 1 N–H and O–H groups in total. The lowest BCUT2D eigenvalue weighted by Gasteiger charge is -2.13. The fourth-order valence-electron chi connectivity index (χ4n) is 1.79. The number of nitrogens with one attached hydrogen (secondary N) is 1. The standard InChI is InChI=1S/C10H10BrF2N.ClH/c11-6-3-4-7(12)9(10(6)13)8-2-1-5-14-8;/h3-4,8,14H,1-2,5H2;1H/t8-;/m0./s1. The average molecular weight is 299 g/mol. The third-order valence-electron chi connectivity index (χ3n) is 2.49. The van der Waals surface area contributed by atoms with Crippen molar-refractivity contribution in [2.45, 2.75) is 18.9 Å². The summed E-state index contributed by atoms with van der Waals surface area (Å²) in [6.45, 7) is 0.829. The summed E-state index contributed by atoms with van der Waals surface area (Å²) in [6, 6.07) is 2.51. The Kier molecular flexibility index (Phi) is 4.49. The van der Waals surface area contributed by atoms with E-state index in [1.807, 2.05) is 0 Å². The Balaban J connectivity index is 0.00000112. The highest BCUT2D eigenvalue weighted by Crippen LogP contribution is 2.31. The van der Waals surface area contributed by atoms with E-state index in [4.69, 9.17) is 0 Å². The molecule has 1 atom stereocenters. The maximum absolute atomic E-state index is 13.6. The van der Waals surface area contributed by atoms with Crippen LogP contribution in [-0.4, -0.2) is 6.54 Å². The number of hydrogen-bond acceptors (Lipinski definition) is 1. The van der Waals surface area contributed by atoms with E-state index < -0.39 is 11.6 Å². The van der Waals surface area contributed by atoms with Gasteiger partial charge >= 0.3 is 0 Å². The Hall–Kier alpha value is -0.190. The Labute approximate surface area is 102 Å². The SMILES string of the molecule is Cl.Fc1ccc(Br)c(F)c1[C@@H]1CCCN1. The van der Waals surface area contributed by atoms with Gasteiger partial charge in [0.15, 0.2) is 0 Å². The van der Waals surface area contributed by atoms with E-state index in [1.54, 1.807) is 0 Å². The third-order valence-corrected chi connectivity index (χ3v) is 3.10. The molecule has 1 nitrogen and oxygen atoms in total. The van der Waals surface area contributed by atoms with Gasteiger partial charge in [-0.05, 0) is 47.4 Å². The van der Waals surface area contributed by atoms with Crippen molar-refractivity contribution >= 4 is 28.3 Å². The van der Waals surface area contributed by atoms with Crippen LogP contribution in [-0.2, 0) is 0 Å². The van der Waals surface area contributed by atoms with Crippen LogP contribution in [0, 0.1) is 11.6 Å². The van der Waals surface area contributed by atoms with Crippen LogP contribution in [0.5, 0.6) is 0 Å². The normalized spacial score (nSPS) is 20.1. The van der Waals surface area contributed by atoms with Gasteiger partial charge in [-0.3, -0.25) is 0 Å². The summed E-state index contributed by atoms with van der Waals surface area (Å²) in [7, 11) is 0. The van der Waals surface area contributed by atoms with E-state index in [0.717, 1.165) is 19.4 Å². The molecule has 84 valence electrons. The molecular formula is C10H11BrClF2N. The zero-order valence-corrected chi connectivity index (χ0v) is 10.3. The first-order chi connectivity index (χ1) is 6.70. The van der Waals surface area contributed by atoms with E-state index >= 15 is 0 Å². The van der Waals surface area contributed by atoms with Gasteiger partial charge in [0, 0.05) is 11.6 Å². The van der Waals surface area contributed by atoms with Gasteiger partial charge in [0.25, 0.3) is 0 Å². The molecule has 1 aromatic rings. The minimum Gasteiger partial charge on any atom is -0.310 e. The molecule has 0 aromatic heterocycles. The summed E-state index contributed by atoms with van der Waals surface area (Å²) < 4.78 is 27.3. The molecule has 1 aliphatic rings. The average Bonchev–Trinajstić information content (AvgIpc) is 2.65. The van der Waals surface area contributed by atoms with Gasteiger partial charge in [-0.2, -0.15) is 0 Å². The lowest BCUT2D eigenvalue weighted by molar-refractivity contribution is 0.504. The molecule has 0 radical (unpaired) electrons. The van der Waals surface area contributed by atoms with Gasteiger partial charge in [0.1, 0.15) is 11.6 Å². The van der Waals surface area contributed by atoms with Crippen molar-refractivity contribution in [1.29, 1.82) is 0 Å². The van der Waals surface area contributed by atoms with Crippen LogP contribution < -0.4 is 5.32 Å². The van der Waals surface area contributed by atoms with Gasteiger partial charge in [-0.25, -0.2) is 8.78 Å². The molecule has 2 rings (SSSR count). The molecule has 0 aliphatic carbocycles. The predicted octanol–water partition coefficient (Wildman–Crippen LogP) is 3.57. The zero-order chi connectivity index (χ0) is 10.1. The van der Waals surface area contributed by atoms with Crippen molar-refractivity contribution < 1.29 is 8.78 Å². The van der Waals surface area contributed by atoms with Gasteiger partial charge in [0.2, 0.25) is 0 Å². The molecule has 1 fully saturated rings. The lowest BCUT2D eigenvalue weighted by Crippen LogP contribution is -2.16. The van der Waals surface area contributed by atoms with E-state index in [0.29, 0.717) is 4.47 Å². The summed E-state index contributed by atoms with van der Waals surface area (Å²) in [5, 5.41) is 3.08. The number of hydrogen-bond donors (Lipinski definition) is 1. The minimum atomic E-state index is -0.482. The molecule has 0 spiro atoms. The number of halogens is 4. The Morgan fingerprint density at radius 1 is 1.33 bits per heavy atom. The maximum atomic E-state index is 13.6. The van der Waals surface area contributed by atoms with Crippen LogP contribution in [0.1, 0.15) is 24.4 Å². The predicted molar refractivity (Wildman–Crippen MR) is 61.3 cm³/mol. The smallest absolute Gasteiger partial charge is 0.145 e. The highest BCUT2D eigenvalue weighted by Gasteiger charge is 2.24. The summed E-state index contributed by atoms with van der Waals surface area (Å²) in [4.78, 5) is 0. The van der Waals surface area contributed by atoms with Crippen LogP contribution in [0.15, 0.2) is 16.6 Å². The Bertz CT molecular complexity index is 354. The van der Waals surface area contributed by atoms with Crippen LogP contribution >= 0.6 is 28.3 Å². The second-order valence-electron chi connectivity index (χ2n) is 3.41. The molecule has 1 aliphatic heterocycles. The summed E-state index contributed by atoms with van der Waals surface area (Å²) in [6.07, 6.45) is 1.76. The quantitative estimate of drug-likeness (QED) is 0.782. The van der Waals surface area contributed by atoms with E-state index in [9.17, 15) is 8.78 Å². The van der Waals surface area contributed by atoms with Gasteiger partial charge in [0.05, 0.1) is 4.47 Å². The number of benzene rings is 1. The first kappa shape index (κ1) is 12.9. The van der Waals surface area contributed by atoms with Crippen molar-refractivity contribution in [3.05, 3.63) is 33.8 Å². The molecule has 1 heterocycles. The van der Waals surface area contributed by atoms with E-state index in [-0.39, 0.29) is 24.0 Å². The minimum absolute atomic E-state index is 0. The Morgan fingerprint density at radius 3 is 2.67 bits per heavy atom. The lowest BCUT2D eigenvalue weighted by atomic mass is 10.0. The zero-order valence-electron chi connectivity index (χ0n) is 7.90. The van der Waals surface area contributed by atoms with Gasteiger partial charge in [-0.15, -0.1) is 12.4 Å². The van der Waals surface area contributed by atoms with Crippen molar-refractivity contribution in [3.63, 3.8) is 0 Å². The van der Waals surface area contributed by atoms with Crippen molar-refractivity contribution in [2.75, 3.05) is 6.54 Å². The second kappa shape index (κ2) is 5.23. The van der Waals surface area contributed by atoms with Gasteiger partial charge in [-0.1, -0.05) is 0 Å². The van der Waals surface area contributed by atoms with Crippen molar-refractivity contribution in [1.82, 2.24) is 5.32 Å². The molecular weight excluding hydrogens is 287 g/mol. The molecule has 0 bridgehead atoms. The third kappa shape index (κ3) is 2.49. The highest BCUT2D eigenvalue weighted by molar-refractivity contribution is 9.10. The molecule has 15 heavy (non-hydrogen) atoms. The Morgan fingerprint density at radius 2 is 2.07 bits per heavy atom. The van der Waals surface area contributed by atoms with Gasteiger partial charge < -0.3 is 5.32 Å². The molecule has 0 amide bonds. The van der Waals surface area contributed by atoms with Crippen LogP contribution in [0.2, 0.25) is 0 Å². The molecule has 1 aromatic carbocycles. The highest BCUT2D eigenvalue weighted by atomic mass is 79.9. The topological polar surface area (TPSA) is 12.0 Å². The fraction of sp³-hybridized carbons (Fsp3) is 0.400. The van der Waals surface area contributed by atoms with Crippen LogP contribution in [0.3, 0.4) is 0 Å². The van der Waals surface area contributed by atoms with Crippen LogP contribution in [0.25, 0.3) is 0 Å². The molecule has 0 unspecified atom stereocenters. The maximum Gasteiger partial charge on any atom is 0.145 e.